The third kappa shape index (κ3) is 4.94. The summed E-state index contributed by atoms with van der Waals surface area (Å²) in [7, 11) is 0. The van der Waals surface area contributed by atoms with E-state index in [4.69, 9.17) is 21.1 Å². The molecular formula is C13H17ClO4. The highest BCUT2D eigenvalue weighted by Gasteiger charge is 2.16. The van der Waals surface area contributed by atoms with Crippen molar-refractivity contribution in [3.05, 3.63) is 29.8 Å². The number of esters is 1. The van der Waals surface area contributed by atoms with Gasteiger partial charge in [0, 0.05) is 6.42 Å². The highest BCUT2D eigenvalue weighted by atomic mass is 35.5. The largest absolute Gasteiger partial charge is 0.492 e. The molecule has 0 aliphatic heterocycles. The maximum Gasteiger partial charge on any atom is 0.335 e. The Morgan fingerprint density at radius 2 is 2.06 bits per heavy atom. The van der Waals surface area contributed by atoms with Crippen molar-refractivity contribution in [2.24, 2.45) is 0 Å². The maximum atomic E-state index is 11.2. The van der Waals surface area contributed by atoms with E-state index in [1.165, 1.54) is 0 Å². The van der Waals surface area contributed by atoms with Crippen LogP contribution >= 0.6 is 11.6 Å². The lowest BCUT2D eigenvalue weighted by Crippen LogP contribution is -2.25. The van der Waals surface area contributed by atoms with E-state index in [1.807, 2.05) is 0 Å². The molecule has 0 heterocycles. The molecule has 1 aromatic carbocycles. The van der Waals surface area contributed by atoms with E-state index in [9.17, 15) is 9.90 Å². The number of carbonyl (C=O) groups is 1. The molecule has 0 fully saturated rings. The topological polar surface area (TPSA) is 55.8 Å². The van der Waals surface area contributed by atoms with Gasteiger partial charge in [-0.15, -0.1) is 11.6 Å². The van der Waals surface area contributed by atoms with Crippen molar-refractivity contribution in [1.29, 1.82) is 0 Å². The number of benzene rings is 1. The number of aliphatic hydroxyl groups excluding tert-OH is 1. The van der Waals surface area contributed by atoms with Crippen molar-refractivity contribution in [2.75, 3.05) is 19.1 Å². The summed E-state index contributed by atoms with van der Waals surface area (Å²) in [5, 5.41) is 9.59. The standard InChI is InChI=1S/C13H17ClO4/c1-2-17-13(16)12(15)9-10-3-5-11(6-4-10)18-8-7-14/h3-6,12,15H,2,7-9H2,1H3. The van der Waals surface area contributed by atoms with Gasteiger partial charge in [0.15, 0.2) is 6.10 Å². The van der Waals surface area contributed by atoms with E-state index in [2.05, 4.69) is 0 Å². The van der Waals surface area contributed by atoms with Gasteiger partial charge in [0.05, 0.1) is 12.5 Å². The second-order valence-corrected chi connectivity index (χ2v) is 4.03. The van der Waals surface area contributed by atoms with Crippen LogP contribution < -0.4 is 4.74 Å². The fourth-order valence-electron chi connectivity index (χ4n) is 1.42. The van der Waals surface area contributed by atoms with E-state index in [1.54, 1.807) is 31.2 Å². The molecule has 0 aromatic heterocycles. The minimum Gasteiger partial charge on any atom is -0.492 e. The Labute approximate surface area is 111 Å². The van der Waals surface area contributed by atoms with Gasteiger partial charge in [0.2, 0.25) is 0 Å². The average Bonchev–Trinajstić information content (AvgIpc) is 2.38. The van der Waals surface area contributed by atoms with Gasteiger partial charge < -0.3 is 14.6 Å². The van der Waals surface area contributed by atoms with Gasteiger partial charge in [-0.05, 0) is 24.6 Å². The molecule has 0 spiro atoms. The fourth-order valence-corrected chi connectivity index (χ4v) is 1.50. The van der Waals surface area contributed by atoms with Crippen molar-refractivity contribution < 1.29 is 19.4 Å². The number of aliphatic hydroxyl groups is 1. The quantitative estimate of drug-likeness (QED) is 0.607. The summed E-state index contributed by atoms with van der Waals surface area (Å²) < 4.78 is 10.0. The molecule has 1 unspecified atom stereocenters. The molecule has 5 heteroatoms. The van der Waals surface area contributed by atoms with Gasteiger partial charge >= 0.3 is 5.97 Å². The third-order valence-electron chi connectivity index (χ3n) is 2.26. The molecule has 4 nitrogen and oxygen atoms in total. The second-order valence-electron chi connectivity index (χ2n) is 3.65. The molecule has 0 aliphatic rings. The van der Waals surface area contributed by atoms with E-state index in [-0.39, 0.29) is 13.0 Å². The molecule has 18 heavy (non-hydrogen) atoms. The van der Waals surface area contributed by atoms with Crippen molar-refractivity contribution in [3.8, 4) is 5.75 Å². The third-order valence-corrected chi connectivity index (χ3v) is 2.41. The lowest BCUT2D eigenvalue weighted by molar-refractivity contribution is -0.152. The number of ether oxygens (including phenoxy) is 2. The molecule has 0 amide bonds. The van der Waals surface area contributed by atoms with Crippen LogP contribution in [0.4, 0.5) is 0 Å². The number of carbonyl (C=O) groups excluding carboxylic acids is 1. The normalized spacial score (nSPS) is 11.9. The molecule has 1 aromatic rings. The van der Waals surface area contributed by atoms with Gasteiger partial charge in [-0.1, -0.05) is 12.1 Å². The summed E-state index contributed by atoms with van der Waals surface area (Å²) >= 11 is 5.51. The predicted octanol–water partition coefficient (Wildman–Crippen LogP) is 1.77. The van der Waals surface area contributed by atoms with E-state index >= 15 is 0 Å². The lowest BCUT2D eigenvalue weighted by atomic mass is 10.1. The highest BCUT2D eigenvalue weighted by Crippen LogP contribution is 2.13. The first-order chi connectivity index (χ1) is 8.67. The minimum atomic E-state index is -1.13. The predicted molar refractivity (Wildman–Crippen MR) is 69.0 cm³/mol. The molecule has 1 N–H and O–H groups in total. The maximum absolute atomic E-state index is 11.2. The monoisotopic (exact) mass is 272 g/mol. The second kappa shape index (κ2) is 7.95. The van der Waals surface area contributed by atoms with Crippen molar-refractivity contribution in [2.45, 2.75) is 19.4 Å². The van der Waals surface area contributed by atoms with E-state index in [0.29, 0.717) is 18.2 Å². The Balaban J connectivity index is 2.50. The molecule has 1 rings (SSSR count). The van der Waals surface area contributed by atoms with Crippen LogP contribution in [0.1, 0.15) is 12.5 Å². The number of rotatable bonds is 7. The van der Waals surface area contributed by atoms with Gasteiger partial charge in [-0.25, -0.2) is 4.79 Å². The van der Waals surface area contributed by atoms with Crippen LogP contribution in [-0.2, 0) is 16.0 Å². The summed E-state index contributed by atoms with van der Waals surface area (Å²) in [6.45, 7) is 2.42. The first kappa shape index (κ1) is 14.8. The number of alkyl halides is 1. The van der Waals surface area contributed by atoms with E-state index < -0.39 is 12.1 Å². The van der Waals surface area contributed by atoms with Gasteiger partial charge in [0.1, 0.15) is 12.4 Å². The number of halogens is 1. The Bertz CT molecular complexity index is 364. The molecule has 0 saturated carbocycles. The minimum absolute atomic E-state index is 0.231. The summed E-state index contributed by atoms with van der Waals surface area (Å²) in [6, 6.07) is 7.15. The molecule has 0 aliphatic carbocycles. The first-order valence-electron chi connectivity index (χ1n) is 5.79. The Kier molecular flexibility index (Phi) is 6.54. The number of hydrogen-bond acceptors (Lipinski definition) is 4. The van der Waals surface area contributed by atoms with Crippen LogP contribution in [0.25, 0.3) is 0 Å². The van der Waals surface area contributed by atoms with Crippen LogP contribution in [-0.4, -0.2) is 36.3 Å². The molecule has 0 radical (unpaired) electrons. The molecule has 100 valence electrons. The SMILES string of the molecule is CCOC(=O)C(O)Cc1ccc(OCCCl)cc1. The van der Waals surface area contributed by atoms with Crippen LogP contribution in [0.15, 0.2) is 24.3 Å². The summed E-state index contributed by atoms with van der Waals surface area (Å²) in [4.78, 5) is 11.2. The Morgan fingerprint density at radius 3 is 2.61 bits per heavy atom. The zero-order chi connectivity index (χ0) is 13.4. The molecular weight excluding hydrogens is 256 g/mol. The van der Waals surface area contributed by atoms with Gasteiger partial charge in [0.25, 0.3) is 0 Å². The zero-order valence-corrected chi connectivity index (χ0v) is 11.0. The molecule has 1 atom stereocenters. The van der Waals surface area contributed by atoms with Crippen LogP contribution in [0.3, 0.4) is 0 Å². The van der Waals surface area contributed by atoms with Crippen LogP contribution in [0.5, 0.6) is 5.75 Å². The van der Waals surface area contributed by atoms with Crippen molar-refractivity contribution in [3.63, 3.8) is 0 Å². The fraction of sp³-hybridized carbons (Fsp3) is 0.462. The van der Waals surface area contributed by atoms with Crippen molar-refractivity contribution >= 4 is 17.6 Å². The average molecular weight is 273 g/mol. The van der Waals surface area contributed by atoms with Gasteiger partial charge in [-0.3, -0.25) is 0 Å². The lowest BCUT2D eigenvalue weighted by Gasteiger charge is -2.10. The zero-order valence-electron chi connectivity index (χ0n) is 10.3. The highest BCUT2D eigenvalue weighted by molar-refractivity contribution is 6.18. The number of hydrogen-bond donors (Lipinski definition) is 1. The van der Waals surface area contributed by atoms with E-state index in [0.717, 1.165) is 5.56 Å². The smallest absolute Gasteiger partial charge is 0.335 e. The van der Waals surface area contributed by atoms with Crippen LogP contribution in [0, 0.1) is 0 Å². The summed E-state index contributed by atoms with van der Waals surface area (Å²) in [5.41, 5.74) is 0.841. The van der Waals surface area contributed by atoms with Crippen LogP contribution in [0.2, 0.25) is 0 Å². The summed E-state index contributed by atoms with van der Waals surface area (Å²) in [6.07, 6.45) is -0.895. The first-order valence-corrected chi connectivity index (χ1v) is 6.33. The Hall–Kier alpha value is -1.26. The van der Waals surface area contributed by atoms with Crippen molar-refractivity contribution in [1.82, 2.24) is 0 Å². The Morgan fingerprint density at radius 1 is 1.39 bits per heavy atom. The summed E-state index contributed by atoms with van der Waals surface area (Å²) in [5.74, 6) is 0.550. The molecule has 0 saturated heterocycles. The molecule has 0 bridgehead atoms. The van der Waals surface area contributed by atoms with Gasteiger partial charge in [-0.2, -0.15) is 0 Å².